The monoisotopic (exact) mass is 540 g/mol. The number of allylic oxidation sites excluding steroid dienone is 2. The Labute approximate surface area is 240 Å². The number of fused-ring (bicyclic) bond motifs is 1. The molecular formula is C36H31BF2N2. The van der Waals surface area contributed by atoms with Gasteiger partial charge in [0, 0.05) is 38.9 Å². The van der Waals surface area contributed by atoms with Gasteiger partial charge in [-0.1, -0.05) is 78.4 Å². The third kappa shape index (κ3) is 4.76. The van der Waals surface area contributed by atoms with E-state index in [0.717, 1.165) is 66.6 Å². The van der Waals surface area contributed by atoms with Crippen LogP contribution in [0.5, 0.6) is 0 Å². The van der Waals surface area contributed by atoms with Gasteiger partial charge in [-0.15, -0.1) is 0 Å². The zero-order valence-corrected chi connectivity index (χ0v) is 24.0. The molecule has 0 saturated carbocycles. The predicted molar refractivity (Wildman–Crippen MR) is 170 cm³/mol. The molecule has 0 N–H and O–H groups in total. The minimum Gasteiger partial charge on any atom is -0.324 e. The Hall–Kier alpha value is -4.51. The van der Waals surface area contributed by atoms with Gasteiger partial charge in [0.2, 0.25) is 0 Å². The van der Waals surface area contributed by atoms with Crippen LogP contribution >= 0.6 is 0 Å². The molecule has 0 unspecified atom stereocenters. The topological polar surface area (TPSA) is 17.3 Å². The van der Waals surface area contributed by atoms with Crippen LogP contribution in [0.15, 0.2) is 102 Å². The number of hydrogen-bond donors (Lipinski definition) is 0. The smallest absolute Gasteiger partial charge is 0.324 e. The standard InChI is InChI=1S/C36H31BF2N2/c1-22-16-25(4)35(26(5)17-22)36-31-19-24(3)23(2)18-30(31)34(41(36)37(38)39)21-33-29(27-12-8-6-9-13-27)20-32(40-33)28-14-10-7-11-15-28/h6-21H,1-5H3/b33-21-. The van der Waals surface area contributed by atoms with Gasteiger partial charge in [0.25, 0.3) is 0 Å². The highest BCUT2D eigenvalue weighted by atomic mass is 19.2. The average molecular weight is 540 g/mol. The molecule has 4 aromatic carbocycles. The quantitative estimate of drug-likeness (QED) is 0.198. The van der Waals surface area contributed by atoms with Crippen LogP contribution in [0.3, 0.4) is 0 Å². The van der Waals surface area contributed by atoms with Gasteiger partial charge < -0.3 is 4.48 Å². The number of aliphatic imine (C=N–C) groups is 1. The van der Waals surface area contributed by atoms with Gasteiger partial charge in [-0.25, -0.2) is 4.99 Å². The van der Waals surface area contributed by atoms with Gasteiger partial charge in [0.05, 0.1) is 11.4 Å². The van der Waals surface area contributed by atoms with E-state index < -0.39 is 7.40 Å². The third-order valence-corrected chi connectivity index (χ3v) is 8.00. The Kier molecular flexibility index (Phi) is 6.82. The molecule has 41 heavy (non-hydrogen) atoms. The van der Waals surface area contributed by atoms with Crippen LogP contribution < -0.4 is 0 Å². The van der Waals surface area contributed by atoms with E-state index in [0.29, 0.717) is 17.1 Å². The number of aromatic nitrogens is 1. The van der Waals surface area contributed by atoms with Crippen molar-refractivity contribution in [3.05, 3.63) is 141 Å². The van der Waals surface area contributed by atoms with Crippen molar-refractivity contribution in [1.29, 1.82) is 0 Å². The Bertz CT molecular complexity index is 1870. The number of halogens is 2. The summed E-state index contributed by atoms with van der Waals surface area (Å²) >= 11 is 0. The van der Waals surface area contributed by atoms with Crippen LogP contribution in [0.4, 0.5) is 8.63 Å². The Morgan fingerprint density at radius 3 is 1.83 bits per heavy atom. The van der Waals surface area contributed by atoms with Crippen LogP contribution in [0.1, 0.15) is 44.6 Å². The molecule has 1 aliphatic heterocycles. The Morgan fingerprint density at radius 2 is 1.24 bits per heavy atom. The molecule has 2 heterocycles. The lowest BCUT2D eigenvalue weighted by Crippen LogP contribution is -2.16. The second-order valence-corrected chi connectivity index (χ2v) is 11.0. The first-order chi connectivity index (χ1) is 19.7. The summed E-state index contributed by atoms with van der Waals surface area (Å²) in [5, 5.41) is 1.62. The second-order valence-electron chi connectivity index (χ2n) is 11.0. The molecule has 202 valence electrons. The molecular weight excluding hydrogens is 509 g/mol. The van der Waals surface area contributed by atoms with E-state index >= 15 is 8.63 Å². The molecule has 5 heteroatoms. The minimum absolute atomic E-state index is 0.461. The Morgan fingerprint density at radius 1 is 0.683 bits per heavy atom. The van der Waals surface area contributed by atoms with E-state index in [9.17, 15) is 0 Å². The summed E-state index contributed by atoms with van der Waals surface area (Å²) in [5.41, 5.74) is 11.4. The van der Waals surface area contributed by atoms with E-state index in [2.05, 4.69) is 24.3 Å². The molecule has 0 bridgehead atoms. The van der Waals surface area contributed by atoms with E-state index in [4.69, 9.17) is 4.99 Å². The van der Waals surface area contributed by atoms with Crippen LogP contribution in [-0.2, 0) is 0 Å². The maximum atomic E-state index is 15.3. The fourth-order valence-corrected chi connectivity index (χ4v) is 6.04. The summed E-state index contributed by atoms with van der Waals surface area (Å²) in [6.07, 6.45) is 3.90. The number of rotatable bonds is 5. The maximum Gasteiger partial charge on any atom is 0.678 e. The first kappa shape index (κ1) is 26.7. The average Bonchev–Trinajstić information content (AvgIpc) is 3.49. The molecule has 0 atom stereocenters. The number of hydrogen-bond acceptors (Lipinski definition) is 1. The third-order valence-electron chi connectivity index (χ3n) is 8.00. The molecule has 2 nitrogen and oxygen atoms in total. The maximum absolute atomic E-state index is 15.3. The molecule has 0 radical (unpaired) electrons. The number of benzene rings is 4. The zero-order valence-electron chi connectivity index (χ0n) is 24.0. The van der Waals surface area contributed by atoms with Crippen LogP contribution in [0.2, 0.25) is 0 Å². The molecule has 0 fully saturated rings. The SMILES string of the molecule is Cc1cc(C)c(-c2c3cc(C)c(C)cc3c(/C=C3\N=C(c4ccccc4)C=C3c3ccccc3)n2B(F)F)c(C)c1. The minimum atomic E-state index is -2.74. The van der Waals surface area contributed by atoms with Gasteiger partial charge in [-0.3, -0.25) is 8.63 Å². The fraction of sp³-hybridized carbons (Fsp3) is 0.139. The molecule has 0 saturated heterocycles. The summed E-state index contributed by atoms with van der Waals surface area (Å²) in [6.45, 7) is 10.1. The summed E-state index contributed by atoms with van der Waals surface area (Å²) in [6, 6.07) is 28.2. The van der Waals surface area contributed by atoms with Crippen molar-refractivity contribution in [3.8, 4) is 11.3 Å². The van der Waals surface area contributed by atoms with Crippen molar-refractivity contribution < 1.29 is 8.63 Å². The summed E-state index contributed by atoms with van der Waals surface area (Å²) in [7, 11) is -2.74. The van der Waals surface area contributed by atoms with Gasteiger partial charge in [-0.2, -0.15) is 0 Å². The second kappa shape index (κ2) is 10.5. The number of aryl methyl sites for hydroxylation is 5. The summed E-state index contributed by atoms with van der Waals surface area (Å²) in [4.78, 5) is 5.01. The highest BCUT2D eigenvalue weighted by molar-refractivity contribution is 6.43. The molecule has 6 rings (SSSR count). The molecule has 1 aromatic heterocycles. The van der Waals surface area contributed by atoms with Crippen molar-refractivity contribution in [3.63, 3.8) is 0 Å². The van der Waals surface area contributed by atoms with Crippen LogP contribution in [0, 0.1) is 34.6 Å². The first-order valence-corrected chi connectivity index (χ1v) is 13.9. The van der Waals surface area contributed by atoms with E-state index in [-0.39, 0.29) is 0 Å². The van der Waals surface area contributed by atoms with Crippen molar-refractivity contribution in [1.82, 2.24) is 4.48 Å². The lowest BCUT2D eigenvalue weighted by molar-refractivity contribution is 0.631. The van der Waals surface area contributed by atoms with Gasteiger partial charge >= 0.3 is 7.40 Å². The number of nitrogens with zero attached hydrogens (tertiary/aromatic N) is 2. The fourth-order valence-electron chi connectivity index (χ4n) is 6.04. The zero-order chi connectivity index (χ0) is 28.8. The molecule has 1 aliphatic rings. The molecule has 0 amide bonds. The van der Waals surface area contributed by atoms with E-state index in [1.165, 1.54) is 4.48 Å². The molecule has 0 spiro atoms. The highest BCUT2D eigenvalue weighted by Crippen LogP contribution is 2.42. The molecule has 5 aromatic rings. The lowest BCUT2D eigenvalue weighted by atomic mass is 9.93. The van der Waals surface area contributed by atoms with E-state index in [1.807, 2.05) is 107 Å². The van der Waals surface area contributed by atoms with Crippen molar-refractivity contribution in [2.45, 2.75) is 34.6 Å². The van der Waals surface area contributed by atoms with E-state index in [1.54, 1.807) is 0 Å². The highest BCUT2D eigenvalue weighted by Gasteiger charge is 2.30. The van der Waals surface area contributed by atoms with Gasteiger partial charge in [0.15, 0.2) is 0 Å². The Balaban J connectivity index is 1.68. The summed E-state index contributed by atoms with van der Waals surface area (Å²) < 4.78 is 31.8. The lowest BCUT2D eigenvalue weighted by Gasteiger charge is -2.15. The van der Waals surface area contributed by atoms with Crippen molar-refractivity contribution in [2.24, 2.45) is 4.99 Å². The normalized spacial score (nSPS) is 14.1. The predicted octanol–water partition coefficient (Wildman–Crippen LogP) is 9.55. The van der Waals surface area contributed by atoms with Crippen LogP contribution in [-0.4, -0.2) is 17.6 Å². The molecule has 0 aliphatic carbocycles. The van der Waals surface area contributed by atoms with Crippen molar-refractivity contribution in [2.75, 3.05) is 0 Å². The van der Waals surface area contributed by atoms with Crippen molar-refractivity contribution >= 4 is 35.5 Å². The van der Waals surface area contributed by atoms with Gasteiger partial charge in [0.1, 0.15) is 0 Å². The largest absolute Gasteiger partial charge is 0.678 e. The summed E-state index contributed by atoms with van der Waals surface area (Å²) in [5.74, 6) is 0. The first-order valence-electron chi connectivity index (χ1n) is 13.9. The van der Waals surface area contributed by atoms with Gasteiger partial charge in [-0.05, 0) is 86.7 Å². The van der Waals surface area contributed by atoms with Crippen LogP contribution in [0.25, 0.3) is 33.7 Å².